The lowest BCUT2D eigenvalue weighted by Crippen LogP contribution is -2.11. The maximum Gasteiger partial charge on any atom is 0.316 e. The highest BCUT2D eigenvalue weighted by molar-refractivity contribution is 5.66. The quantitative estimate of drug-likeness (QED) is 0.894. The summed E-state index contributed by atoms with van der Waals surface area (Å²) in [4.78, 5) is 8.41. The van der Waals surface area contributed by atoms with Crippen LogP contribution in [0.25, 0.3) is 11.1 Å². The summed E-state index contributed by atoms with van der Waals surface area (Å²) >= 11 is 0. The molecule has 2 rings (SSSR count). The van der Waals surface area contributed by atoms with Crippen molar-refractivity contribution in [2.75, 3.05) is 13.2 Å². The van der Waals surface area contributed by atoms with Gasteiger partial charge in [0.25, 0.3) is 0 Å². The van der Waals surface area contributed by atoms with Crippen molar-refractivity contribution in [3.8, 4) is 17.1 Å². The molecule has 0 spiro atoms. The van der Waals surface area contributed by atoms with Crippen molar-refractivity contribution < 1.29 is 4.74 Å². The Labute approximate surface area is 113 Å². The number of aromatic nitrogens is 2. The van der Waals surface area contributed by atoms with Crippen molar-refractivity contribution >= 4 is 0 Å². The molecule has 0 unspecified atom stereocenters. The summed E-state index contributed by atoms with van der Waals surface area (Å²) in [7, 11) is 0. The first-order chi connectivity index (χ1) is 9.22. The summed E-state index contributed by atoms with van der Waals surface area (Å²) in [5.74, 6) is 0.462. The van der Waals surface area contributed by atoms with E-state index in [4.69, 9.17) is 10.5 Å². The topological polar surface area (TPSA) is 61.0 Å². The standard InChI is InChI=1S/C15H19N3O/c1-11(2)13-5-3-4-6-14(13)12-9-17-15(18-10-12)19-8-7-16/h3-6,9-11H,7-8,16H2,1-2H3. The van der Waals surface area contributed by atoms with Gasteiger partial charge < -0.3 is 10.5 Å². The molecule has 0 radical (unpaired) electrons. The molecule has 100 valence electrons. The Hall–Kier alpha value is -1.94. The lowest BCUT2D eigenvalue weighted by Gasteiger charge is -2.12. The third-order valence-electron chi connectivity index (χ3n) is 2.87. The molecule has 0 fully saturated rings. The molecule has 0 aliphatic rings. The molecule has 4 heteroatoms. The third kappa shape index (κ3) is 3.29. The van der Waals surface area contributed by atoms with Gasteiger partial charge in [0.15, 0.2) is 0 Å². The van der Waals surface area contributed by atoms with E-state index in [0.717, 1.165) is 5.56 Å². The zero-order valence-corrected chi connectivity index (χ0v) is 11.3. The molecule has 0 saturated carbocycles. The van der Waals surface area contributed by atoms with Crippen LogP contribution in [0.2, 0.25) is 0 Å². The Morgan fingerprint density at radius 1 is 1.16 bits per heavy atom. The Kier molecular flexibility index (Phi) is 4.47. The lowest BCUT2D eigenvalue weighted by molar-refractivity contribution is 0.302. The average Bonchev–Trinajstić information content (AvgIpc) is 2.45. The third-order valence-corrected chi connectivity index (χ3v) is 2.87. The second-order valence-corrected chi connectivity index (χ2v) is 4.63. The predicted octanol–water partition coefficient (Wildman–Crippen LogP) is 2.60. The minimum atomic E-state index is 0.372. The van der Waals surface area contributed by atoms with Gasteiger partial charge in [-0.25, -0.2) is 9.97 Å². The van der Waals surface area contributed by atoms with E-state index in [2.05, 4.69) is 42.0 Å². The molecule has 0 amide bonds. The molecule has 19 heavy (non-hydrogen) atoms. The fourth-order valence-electron chi connectivity index (χ4n) is 1.94. The van der Waals surface area contributed by atoms with Gasteiger partial charge in [0.05, 0.1) is 0 Å². The van der Waals surface area contributed by atoms with Crippen LogP contribution in [0, 0.1) is 0 Å². The van der Waals surface area contributed by atoms with Crippen LogP contribution in [0.4, 0.5) is 0 Å². The van der Waals surface area contributed by atoms with Crippen LogP contribution in [-0.4, -0.2) is 23.1 Å². The van der Waals surface area contributed by atoms with Gasteiger partial charge in [0.2, 0.25) is 0 Å². The highest BCUT2D eigenvalue weighted by Crippen LogP contribution is 2.28. The number of ether oxygens (including phenoxy) is 1. The molecule has 1 aromatic heterocycles. The minimum absolute atomic E-state index is 0.372. The second kappa shape index (κ2) is 6.29. The smallest absolute Gasteiger partial charge is 0.316 e. The van der Waals surface area contributed by atoms with Crippen LogP contribution in [0.15, 0.2) is 36.7 Å². The molecule has 0 saturated heterocycles. The van der Waals surface area contributed by atoms with E-state index < -0.39 is 0 Å². The summed E-state index contributed by atoms with van der Waals surface area (Å²) < 4.78 is 5.28. The van der Waals surface area contributed by atoms with Crippen LogP contribution in [0.5, 0.6) is 6.01 Å². The highest BCUT2D eigenvalue weighted by atomic mass is 16.5. The van der Waals surface area contributed by atoms with E-state index >= 15 is 0 Å². The van der Waals surface area contributed by atoms with Crippen molar-refractivity contribution in [1.29, 1.82) is 0 Å². The first kappa shape index (κ1) is 13.5. The molecular formula is C15H19N3O. The molecule has 2 N–H and O–H groups in total. The number of benzene rings is 1. The number of nitrogens with zero attached hydrogens (tertiary/aromatic N) is 2. The van der Waals surface area contributed by atoms with Crippen LogP contribution >= 0.6 is 0 Å². The van der Waals surface area contributed by atoms with E-state index in [1.165, 1.54) is 11.1 Å². The average molecular weight is 257 g/mol. The van der Waals surface area contributed by atoms with Crippen LogP contribution in [0.1, 0.15) is 25.3 Å². The van der Waals surface area contributed by atoms with Gasteiger partial charge in [-0.1, -0.05) is 38.1 Å². The number of rotatable bonds is 5. The van der Waals surface area contributed by atoms with E-state index in [9.17, 15) is 0 Å². The fraction of sp³-hybridized carbons (Fsp3) is 0.333. The summed E-state index contributed by atoms with van der Waals surface area (Å²) in [5.41, 5.74) is 8.84. The minimum Gasteiger partial charge on any atom is -0.462 e. The molecule has 0 aliphatic carbocycles. The molecule has 1 aromatic carbocycles. The predicted molar refractivity (Wildman–Crippen MR) is 76.1 cm³/mol. The Bertz CT molecular complexity index is 523. The van der Waals surface area contributed by atoms with Crippen LogP contribution in [0.3, 0.4) is 0 Å². The highest BCUT2D eigenvalue weighted by Gasteiger charge is 2.08. The first-order valence-corrected chi connectivity index (χ1v) is 6.46. The van der Waals surface area contributed by atoms with Gasteiger partial charge in [-0.2, -0.15) is 0 Å². The van der Waals surface area contributed by atoms with Crippen LogP contribution < -0.4 is 10.5 Å². The molecule has 4 nitrogen and oxygen atoms in total. The lowest BCUT2D eigenvalue weighted by atomic mass is 9.94. The van der Waals surface area contributed by atoms with Crippen molar-refractivity contribution in [2.24, 2.45) is 5.73 Å². The monoisotopic (exact) mass is 257 g/mol. The SMILES string of the molecule is CC(C)c1ccccc1-c1cnc(OCCN)nc1. The largest absolute Gasteiger partial charge is 0.462 e. The van der Waals surface area contributed by atoms with Crippen molar-refractivity contribution in [2.45, 2.75) is 19.8 Å². The molecular weight excluding hydrogens is 238 g/mol. The van der Waals surface area contributed by atoms with Gasteiger partial charge in [-0.15, -0.1) is 0 Å². The number of hydrogen-bond donors (Lipinski definition) is 1. The first-order valence-electron chi connectivity index (χ1n) is 6.46. The zero-order chi connectivity index (χ0) is 13.7. The van der Waals surface area contributed by atoms with Crippen molar-refractivity contribution in [1.82, 2.24) is 9.97 Å². The van der Waals surface area contributed by atoms with Crippen LogP contribution in [-0.2, 0) is 0 Å². The summed E-state index contributed by atoms with van der Waals surface area (Å²) in [6.45, 7) is 5.25. The zero-order valence-electron chi connectivity index (χ0n) is 11.3. The van der Waals surface area contributed by atoms with Crippen molar-refractivity contribution in [3.63, 3.8) is 0 Å². The second-order valence-electron chi connectivity index (χ2n) is 4.63. The molecule has 2 aromatic rings. The number of hydrogen-bond acceptors (Lipinski definition) is 4. The molecule has 0 atom stereocenters. The maximum absolute atomic E-state index is 5.37. The van der Waals surface area contributed by atoms with Gasteiger partial charge in [-0.05, 0) is 17.0 Å². The number of nitrogens with two attached hydrogens (primary N) is 1. The molecule has 0 aliphatic heterocycles. The Morgan fingerprint density at radius 2 is 1.84 bits per heavy atom. The van der Waals surface area contributed by atoms with Crippen molar-refractivity contribution in [3.05, 3.63) is 42.2 Å². The van der Waals surface area contributed by atoms with E-state index in [1.807, 2.05) is 6.07 Å². The Morgan fingerprint density at radius 3 is 2.47 bits per heavy atom. The van der Waals surface area contributed by atoms with Gasteiger partial charge in [0.1, 0.15) is 6.61 Å². The van der Waals surface area contributed by atoms with E-state index in [-0.39, 0.29) is 0 Å². The van der Waals surface area contributed by atoms with E-state index in [1.54, 1.807) is 12.4 Å². The van der Waals surface area contributed by atoms with Gasteiger partial charge in [0, 0.05) is 24.5 Å². The Balaban J connectivity index is 2.27. The summed E-state index contributed by atoms with van der Waals surface area (Å²) in [5, 5.41) is 0. The van der Waals surface area contributed by atoms with E-state index in [0.29, 0.717) is 25.1 Å². The summed E-state index contributed by atoms with van der Waals surface area (Å²) in [6.07, 6.45) is 3.58. The van der Waals surface area contributed by atoms with Gasteiger partial charge >= 0.3 is 6.01 Å². The maximum atomic E-state index is 5.37. The summed E-state index contributed by atoms with van der Waals surface area (Å²) in [6, 6.07) is 8.68. The van der Waals surface area contributed by atoms with Gasteiger partial charge in [-0.3, -0.25) is 0 Å². The normalized spacial score (nSPS) is 10.7. The fourth-order valence-corrected chi connectivity index (χ4v) is 1.94. The molecule has 0 bridgehead atoms. The molecule has 1 heterocycles.